The molecule has 0 saturated carbocycles. The van der Waals surface area contributed by atoms with Crippen LogP contribution in [0.1, 0.15) is 0 Å². The SMILES string of the molecule is COc1cc(NS(=O)(=O)c2cc(N)cs2)ccc1Cl. The number of ether oxygens (including phenoxy) is 1. The summed E-state index contributed by atoms with van der Waals surface area (Å²) in [6, 6.07) is 6.03. The van der Waals surface area contributed by atoms with E-state index in [1.807, 2.05) is 0 Å². The van der Waals surface area contributed by atoms with Crippen LogP contribution in [0.25, 0.3) is 0 Å². The van der Waals surface area contributed by atoms with Gasteiger partial charge < -0.3 is 10.5 Å². The Balaban J connectivity index is 2.30. The quantitative estimate of drug-likeness (QED) is 0.908. The second-order valence-corrected chi connectivity index (χ2v) is 6.88. The highest BCUT2D eigenvalue weighted by Gasteiger charge is 2.17. The number of nitrogens with one attached hydrogen (secondary N) is 1. The molecular formula is C11H11ClN2O3S2. The summed E-state index contributed by atoms with van der Waals surface area (Å²) >= 11 is 6.93. The topological polar surface area (TPSA) is 81.4 Å². The van der Waals surface area contributed by atoms with Crippen LogP contribution in [-0.4, -0.2) is 15.5 Å². The molecule has 0 bridgehead atoms. The van der Waals surface area contributed by atoms with Crippen LogP contribution in [-0.2, 0) is 10.0 Å². The van der Waals surface area contributed by atoms with Gasteiger partial charge in [-0.3, -0.25) is 4.72 Å². The van der Waals surface area contributed by atoms with Gasteiger partial charge in [0.05, 0.1) is 17.8 Å². The van der Waals surface area contributed by atoms with E-state index in [2.05, 4.69) is 4.72 Å². The minimum atomic E-state index is -3.64. The Bertz CT molecular complexity index is 698. The van der Waals surface area contributed by atoms with E-state index in [1.54, 1.807) is 17.5 Å². The molecule has 0 saturated heterocycles. The molecule has 102 valence electrons. The van der Waals surface area contributed by atoms with E-state index in [-0.39, 0.29) is 4.21 Å². The number of methoxy groups -OCH3 is 1. The molecule has 0 fully saturated rings. The van der Waals surface area contributed by atoms with Crippen molar-refractivity contribution >= 4 is 44.3 Å². The summed E-state index contributed by atoms with van der Waals surface area (Å²) in [5, 5.41) is 1.97. The number of nitrogen functional groups attached to an aromatic ring is 1. The van der Waals surface area contributed by atoms with Crippen LogP contribution in [0.3, 0.4) is 0 Å². The number of hydrogen-bond donors (Lipinski definition) is 2. The molecule has 0 aliphatic carbocycles. The lowest BCUT2D eigenvalue weighted by atomic mass is 10.3. The zero-order valence-electron chi connectivity index (χ0n) is 9.88. The molecule has 0 unspecified atom stereocenters. The lowest BCUT2D eigenvalue weighted by Crippen LogP contribution is -2.11. The van der Waals surface area contributed by atoms with Gasteiger partial charge in [-0.05, 0) is 18.2 Å². The fraction of sp³-hybridized carbons (Fsp3) is 0.0909. The molecule has 1 aromatic heterocycles. The number of sulfonamides is 1. The van der Waals surface area contributed by atoms with E-state index in [9.17, 15) is 8.42 Å². The van der Waals surface area contributed by atoms with Crippen LogP contribution >= 0.6 is 22.9 Å². The van der Waals surface area contributed by atoms with Crippen molar-refractivity contribution in [3.05, 3.63) is 34.7 Å². The van der Waals surface area contributed by atoms with Gasteiger partial charge in [-0.25, -0.2) is 8.42 Å². The Morgan fingerprint density at radius 2 is 2.11 bits per heavy atom. The van der Waals surface area contributed by atoms with Gasteiger partial charge in [0, 0.05) is 17.1 Å². The first-order valence-corrected chi connectivity index (χ1v) is 7.87. The molecule has 0 spiro atoms. The summed E-state index contributed by atoms with van der Waals surface area (Å²) in [4.78, 5) is 0. The van der Waals surface area contributed by atoms with Gasteiger partial charge in [0.1, 0.15) is 9.96 Å². The molecule has 3 N–H and O–H groups in total. The van der Waals surface area contributed by atoms with E-state index in [0.29, 0.717) is 22.1 Å². The number of thiophene rings is 1. The molecule has 1 aromatic carbocycles. The highest BCUT2D eigenvalue weighted by molar-refractivity contribution is 7.94. The van der Waals surface area contributed by atoms with Crippen LogP contribution in [0.15, 0.2) is 33.9 Å². The van der Waals surface area contributed by atoms with Gasteiger partial charge >= 0.3 is 0 Å². The third-order valence-corrected chi connectivity index (χ3v) is 5.42. The third-order valence-electron chi connectivity index (χ3n) is 2.26. The Hall–Kier alpha value is -1.44. The van der Waals surface area contributed by atoms with Gasteiger partial charge in [-0.1, -0.05) is 11.6 Å². The maximum Gasteiger partial charge on any atom is 0.271 e. The molecule has 5 nitrogen and oxygen atoms in total. The Morgan fingerprint density at radius 1 is 1.37 bits per heavy atom. The molecule has 2 rings (SSSR count). The van der Waals surface area contributed by atoms with Gasteiger partial charge in [0.25, 0.3) is 10.0 Å². The zero-order valence-corrected chi connectivity index (χ0v) is 12.3. The van der Waals surface area contributed by atoms with Crippen molar-refractivity contribution in [1.82, 2.24) is 0 Å². The van der Waals surface area contributed by atoms with E-state index in [0.717, 1.165) is 11.3 Å². The molecule has 0 atom stereocenters. The lowest BCUT2D eigenvalue weighted by molar-refractivity contribution is 0.415. The first-order chi connectivity index (χ1) is 8.92. The number of nitrogens with two attached hydrogens (primary N) is 1. The number of halogens is 1. The van der Waals surface area contributed by atoms with Gasteiger partial charge in [-0.15, -0.1) is 11.3 Å². The molecule has 8 heteroatoms. The van der Waals surface area contributed by atoms with Crippen LogP contribution in [0.5, 0.6) is 5.75 Å². The highest BCUT2D eigenvalue weighted by atomic mass is 35.5. The summed E-state index contributed by atoms with van der Waals surface area (Å²) in [7, 11) is -2.18. The van der Waals surface area contributed by atoms with E-state index in [4.69, 9.17) is 22.1 Å². The van der Waals surface area contributed by atoms with Crippen LogP contribution < -0.4 is 15.2 Å². The van der Waals surface area contributed by atoms with Gasteiger partial charge in [0.15, 0.2) is 0 Å². The van der Waals surface area contributed by atoms with Crippen molar-refractivity contribution in [2.45, 2.75) is 4.21 Å². The Kier molecular flexibility index (Phi) is 3.88. The summed E-state index contributed by atoms with van der Waals surface area (Å²) in [6.07, 6.45) is 0. The predicted molar refractivity (Wildman–Crippen MR) is 77.5 cm³/mol. The number of anilines is 2. The molecule has 19 heavy (non-hydrogen) atoms. The second-order valence-electron chi connectivity index (χ2n) is 3.65. The van der Waals surface area contributed by atoms with Crippen molar-refractivity contribution < 1.29 is 13.2 Å². The predicted octanol–water partition coefficient (Wildman–Crippen LogP) is 2.79. The van der Waals surface area contributed by atoms with Crippen LogP contribution in [0, 0.1) is 0 Å². The monoisotopic (exact) mass is 318 g/mol. The summed E-state index contributed by atoms with van der Waals surface area (Å²) in [6.45, 7) is 0. The van der Waals surface area contributed by atoms with Gasteiger partial charge in [-0.2, -0.15) is 0 Å². The summed E-state index contributed by atoms with van der Waals surface area (Å²) < 4.78 is 31.8. The molecule has 1 heterocycles. The van der Waals surface area contributed by atoms with Crippen molar-refractivity contribution in [1.29, 1.82) is 0 Å². The van der Waals surface area contributed by atoms with E-state index >= 15 is 0 Å². The van der Waals surface area contributed by atoms with Crippen molar-refractivity contribution in [2.24, 2.45) is 0 Å². The molecule has 2 aromatic rings. The fourth-order valence-electron chi connectivity index (χ4n) is 1.40. The third kappa shape index (κ3) is 3.12. The highest BCUT2D eigenvalue weighted by Crippen LogP contribution is 2.29. The minimum absolute atomic E-state index is 0.152. The minimum Gasteiger partial charge on any atom is -0.495 e. The Morgan fingerprint density at radius 3 is 2.68 bits per heavy atom. The van der Waals surface area contributed by atoms with E-state index in [1.165, 1.54) is 19.2 Å². The molecule has 0 aliphatic heterocycles. The van der Waals surface area contributed by atoms with Crippen LogP contribution in [0.2, 0.25) is 5.02 Å². The Labute approximate surface area is 120 Å². The maximum absolute atomic E-state index is 12.1. The lowest BCUT2D eigenvalue weighted by Gasteiger charge is -2.08. The maximum atomic E-state index is 12.1. The first-order valence-electron chi connectivity index (χ1n) is 5.13. The average molecular weight is 319 g/mol. The number of benzene rings is 1. The normalized spacial score (nSPS) is 11.3. The number of hydrogen-bond acceptors (Lipinski definition) is 5. The van der Waals surface area contributed by atoms with Crippen molar-refractivity contribution in [3.63, 3.8) is 0 Å². The van der Waals surface area contributed by atoms with Crippen molar-refractivity contribution in [2.75, 3.05) is 17.6 Å². The smallest absolute Gasteiger partial charge is 0.271 e. The molecule has 0 radical (unpaired) electrons. The molecule has 0 aliphatic rings. The fourth-order valence-corrected chi connectivity index (χ4v) is 3.72. The van der Waals surface area contributed by atoms with Gasteiger partial charge in [0.2, 0.25) is 0 Å². The van der Waals surface area contributed by atoms with E-state index < -0.39 is 10.0 Å². The summed E-state index contributed by atoms with van der Waals surface area (Å²) in [5.41, 5.74) is 6.30. The molecular weight excluding hydrogens is 308 g/mol. The van der Waals surface area contributed by atoms with Crippen LogP contribution in [0.4, 0.5) is 11.4 Å². The summed E-state index contributed by atoms with van der Waals surface area (Å²) in [5.74, 6) is 0.396. The average Bonchev–Trinajstić information content (AvgIpc) is 2.79. The molecule has 0 amide bonds. The zero-order chi connectivity index (χ0) is 14.0. The largest absolute Gasteiger partial charge is 0.495 e. The first kappa shape index (κ1) is 14.0. The van der Waals surface area contributed by atoms with Crippen molar-refractivity contribution in [3.8, 4) is 5.75 Å². The number of rotatable bonds is 4. The second kappa shape index (κ2) is 5.28. The standard InChI is InChI=1S/C11H11ClN2O3S2/c1-17-10-5-8(2-3-9(10)12)14-19(15,16)11-4-7(13)6-18-11/h2-6,14H,13H2,1H3.